The maximum atomic E-state index is 14.5. The Balaban J connectivity index is 0.000000198. The third kappa shape index (κ3) is 12.4. The first-order valence-corrected chi connectivity index (χ1v) is 35.0. The highest BCUT2D eigenvalue weighted by Crippen LogP contribution is 2.54. The second kappa shape index (κ2) is 26.8. The number of nitrogens with zero attached hydrogens (tertiary/aromatic N) is 3. The fraction of sp³-hybridized carbons (Fsp3) is 0.403. The highest BCUT2D eigenvalue weighted by atomic mass is 32.1. The number of aromatic nitrogens is 3. The fourth-order valence-corrected chi connectivity index (χ4v) is 19.6. The molecule has 80 heavy (non-hydrogen) atoms. The molecule has 2 radical (unpaired) electrons. The zero-order chi connectivity index (χ0) is 58.6. The minimum Gasteiger partial charge on any atom is -0.337 e. The summed E-state index contributed by atoms with van der Waals surface area (Å²) in [6.07, 6.45) is 18.7. The molecule has 0 N–H and O–H groups in total. The van der Waals surface area contributed by atoms with Crippen LogP contribution in [0.3, 0.4) is 0 Å². The third-order valence-corrected chi connectivity index (χ3v) is 24.0. The van der Waals surface area contributed by atoms with E-state index in [9.17, 15) is 4.39 Å². The van der Waals surface area contributed by atoms with Gasteiger partial charge in [-0.05, 0) is 118 Å². The number of benzene rings is 3. The van der Waals surface area contributed by atoms with Crippen molar-refractivity contribution in [1.82, 2.24) is 13.3 Å². The van der Waals surface area contributed by atoms with Crippen molar-refractivity contribution in [2.75, 3.05) is 6.04 Å². The average molecular weight is 1210 g/mol. The van der Waals surface area contributed by atoms with E-state index in [0.717, 1.165) is 30.9 Å². The zero-order valence-electron chi connectivity index (χ0n) is 50.9. The predicted octanol–water partition coefficient (Wildman–Crippen LogP) is 24.0. The van der Waals surface area contributed by atoms with Gasteiger partial charge in [-0.3, -0.25) is 0 Å². The van der Waals surface area contributed by atoms with Crippen LogP contribution in [0.2, 0.25) is 0 Å². The van der Waals surface area contributed by atoms with Crippen molar-refractivity contribution in [2.24, 2.45) is 0 Å². The summed E-state index contributed by atoms with van der Waals surface area (Å²) < 4.78 is 47.3. The summed E-state index contributed by atoms with van der Waals surface area (Å²) >= 11 is 12.2. The van der Waals surface area contributed by atoms with Crippen molar-refractivity contribution in [3.8, 4) is 41.1 Å². The molecule has 0 bridgehead atoms. The van der Waals surface area contributed by atoms with Crippen LogP contribution in [0.1, 0.15) is 183 Å². The molecule has 3 aromatic carbocycles. The largest absolute Gasteiger partial charge is 0.337 e. The molecule has 13 heteroatoms. The predicted molar refractivity (Wildman–Crippen MR) is 364 cm³/mol. The van der Waals surface area contributed by atoms with Crippen LogP contribution < -0.4 is 0 Å². The van der Waals surface area contributed by atoms with Crippen molar-refractivity contribution in [1.29, 1.82) is 2.56 Å². The standard InChI is InChI=1S/C45H53N3S3.C21H19FS4.CH4BP/c1-5-7-9-11-13-15-17-34(18-16-14-12-10-8-6-2)48-39-29-31(3)19-22-35(39)36-23-21-33(30-40(36)48)41-27-28-43(50-41)38-25-24-37(42-26-20-32(4)49-42)44-45(38)47-51-46-44;1-8-6-13-9(2)19-14(10(3)18(13)23-8)7-15(26-19)20-21-16(11(4)24-20)17(22)12(5)25-21;2-1-3/h19-30,34H,5-18H2,1-4H3;6-7,9-10H,1-5H3;1,3H2/i;;1T,3TD. The van der Waals surface area contributed by atoms with Crippen LogP contribution in [0.5, 0.6) is 0 Å². The third-order valence-electron chi connectivity index (χ3n) is 16.2. The van der Waals surface area contributed by atoms with E-state index < -0.39 is 15.2 Å². The number of rotatable bonds is 20. The monoisotopic (exact) mass is 1210 g/mol. The highest BCUT2D eigenvalue weighted by Gasteiger charge is 2.33. The second-order valence-electron chi connectivity index (χ2n) is 21.9. The Labute approximate surface area is 511 Å². The Morgan fingerprint density at radius 2 is 1.20 bits per heavy atom. The molecule has 3 nitrogen and oxygen atoms in total. The molecule has 0 aliphatic heterocycles. The minimum atomic E-state index is -1.72. The molecule has 0 amide bonds. The Morgan fingerprint density at radius 3 is 1.84 bits per heavy atom. The van der Waals surface area contributed by atoms with Crippen LogP contribution in [0.4, 0.5) is 4.39 Å². The molecular weight excluding hydrogens is 1130 g/mol. The minimum absolute atomic E-state index is 0.0225. The maximum Gasteiger partial charge on any atom is 0.145 e. The lowest BCUT2D eigenvalue weighted by Crippen LogP contribution is -2.09. The number of hydrogen-bond acceptors (Lipinski definition) is 9. The van der Waals surface area contributed by atoms with E-state index in [-0.39, 0.29) is 5.82 Å². The summed E-state index contributed by atoms with van der Waals surface area (Å²) in [7, 11) is 3.04. The van der Waals surface area contributed by atoms with Gasteiger partial charge in [-0.25, -0.2) is 4.39 Å². The molecule has 8 heterocycles. The van der Waals surface area contributed by atoms with Gasteiger partial charge in [0.15, 0.2) is 0 Å². The molecular formula is C67H76BFN3PS7. The van der Waals surface area contributed by atoms with E-state index in [2.05, 4.69) is 138 Å². The van der Waals surface area contributed by atoms with Gasteiger partial charge in [0.25, 0.3) is 0 Å². The lowest BCUT2D eigenvalue weighted by molar-refractivity contribution is 0.410. The van der Waals surface area contributed by atoms with Gasteiger partial charge in [0.1, 0.15) is 16.9 Å². The molecule has 0 spiro atoms. The van der Waals surface area contributed by atoms with Gasteiger partial charge in [0.2, 0.25) is 0 Å². The highest BCUT2D eigenvalue weighted by molar-refractivity contribution is 7.29. The van der Waals surface area contributed by atoms with Crippen LogP contribution >= 0.6 is 88.9 Å². The molecule has 11 aromatic rings. The number of hydrogen-bond donors (Lipinski definition) is 0. The summed E-state index contributed by atoms with van der Waals surface area (Å²) in [5.41, 5.74) is 12.8. The number of halogens is 1. The molecule has 8 aromatic heterocycles. The van der Waals surface area contributed by atoms with E-state index in [0.29, 0.717) is 17.9 Å². The molecule has 1 aliphatic rings. The summed E-state index contributed by atoms with van der Waals surface area (Å²) in [6, 6.07) is 32.1. The number of fused-ring (bicyclic) bond motifs is 7. The van der Waals surface area contributed by atoms with E-state index in [1.54, 1.807) is 22.7 Å². The van der Waals surface area contributed by atoms with Crippen molar-refractivity contribution in [3.63, 3.8) is 0 Å². The molecule has 4 unspecified atom stereocenters. The maximum absolute atomic E-state index is 14.5. The summed E-state index contributed by atoms with van der Waals surface area (Å²) in [5, 5.41) is 3.62. The van der Waals surface area contributed by atoms with Crippen LogP contribution in [0.25, 0.3) is 84.0 Å². The van der Waals surface area contributed by atoms with E-state index in [1.165, 1.54) is 201 Å². The van der Waals surface area contributed by atoms with E-state index in [1.807, 2.05) is 59.2 Å². The summed E-state index contributed by atoms with van der Waals surface area (Å²) in [4.78, 5) is 14.0. The molecule has 0 saturated carbocycles. The van der Waals surface area contributed by atoms with Crippen molar-refractivity contribution < 1.29 is 5.76 Å². The summed E-state index contributed by atoms with van der Waals surface area (Å²) in [5.74, 6) is 0.891. The lowest BCUT2D eigenvalue weighted by Gasteiger charge is -2.24. The van der Waals surface area contributed by atoms with Crippen LogP contribution in [-0.2, 0) is 0 Å². The van der Waals surface area contributed by atoms with Crippen LogP contribution in [-0.4, -0.2) is 29.8 Å². The molecule has 416 valence electrons. The van der Waals surface area contributed by atoms with Gasteiger partial charge in [-0.2, -0.15) is 8.75 Å². The molecule has 0 fully saturated rings. The van der Waals surface area contributed by atoms with E-state index in [4.69, 9.17) is 20.5 Å². The molecule has 1 aliphatic carbocycles. The first-order valence-electron chi connectivity index (χ1n) is 30.4. The molecule has 4 atom stereocenters. The van der Waals surface area contributed by atoms with Crippen molar-refractivity contribution in [2.45, 2.75) is 170 Å². The first-order chi connectivity index (χ1) is 40.1. The normalized spacial score (nSPS) is 15.4. The summed E-state index contributed by atoms with van der Waals surface area (Å²) in [6.45, 7) is 19.8. The Morgan fingerprint density at radius 1 is 0.625 bits per heavy atom. The quantitative estimate of drug-likeness (QED) is 0.0433. The van der Waals surface area contributed by atoms with Gasteiger partial charge in [-0.15, -0.1) is 77.2 Å². The number of thiophene rings is 6. The topological polar surface area (TPSA) is 30.7 Å². The molecule has 0 saturated heterocycles. The number of aryl methyl sites for hydroxylation is 5. The van der Waals surface area contributed by atoms with Gasteiger partial charge in [-0.1, -0.05) is 147 Å². The van der Waals surface area contributed by atoms with Gasteiger partial charge in [0.05, 0.1) is 37.2 Å². The lowest BCUT2D eigenvalue weighted by atomic mass is 9.83. The van der Waals surface area contributed by atoms with Crippen molar-refractivity contribution in [3.05, 3.63) is 137 Å². The SMILES string of the molecule is CCCCCCCCC(CCCCCCCC)n1c2cc(C)ccc2c2ccc(-c3ccc(-c4ccc(-c5ccc(C)s5)c5nsnc45)s3)cc21.Cc1cc2c(s1)C(C)c1cc(-c3sc(C)c4c(F)c(C)sc34)sc1C2C.[2H]P([3H])C([3H])[B]. The fourth-order valence-electron chi connectivity index (χ4n) is 12.0. The zero-order valence-corrected chi connectivity index (χ0v) is 54.5. The van der Waals surface area contributed by atoms with E-state index >= 15 is 0 Å². The second-order valence-corrected chi connectivity index (χ2v) is 30.0. The molecule has 12 rings (SSSR count). The number of unbranched alkanes of at least 4 members (excludes halogenated alkanes) is 10. The Hall–Kier alpha value is -3.84. The van der Waals surface area contributed by atoms with Gasteiger partial charge in [0, 0.05) is 101 Å². The first kappa shape index (κ1) is 55.4. The van der Waals surface area contributed by atoms with Crippen LogP contribution in [0.15, 0.2) is 84.9 Å². The Bertz CT molecular complexity index is 3920. The van der Waals surface area contributed by atoms with Gasteiger partial charge < -0.3 is 4.57 Å². The average Bonchev–Trinajstić information content (AvgIpc) is 1.98. The van der Waals surface area contributed by atoms with Crippen LogP contribution in [0, 0.1) is 40.4 Å². The van der Waals surface area contributed by atoms with Crippen molar-refractivity contribution >= 4 is 140 Å². The smallest absolute Gasteiger partial charge is 0.145 e. The Kier molecular flexibility index (Phi) is 18.6. The van der Waals surface area contributed by atoms with Gasteiger partial charge >= 0.3 is 0 Å².